The van der Waals surface area contributed by atoms with Gasteiger partial charge < -0.3 is 10.6 Å². The maximum Gasteiger partial charge on any atom is 0.252 e. The van der Waals surface area contributed by atoms with Crippen molar-refractivity contribution in [2.45, 2.75) is 25.9 Å². The Labute approximate surface area is 144 Å². The number of nitrogens with one attached hydrogen (secondary N) is 2. The van der Waals surface area contributed by atoms with Gasteiger partial charge in [-0.25, -0.2) is 0 Å². The molecule has 0 fully saturated rings. The number of rotatable bonds is 5. The molecule has 0 aliphatic carbocycles. The van der Waals surface area contributed by atoms with E-state index in [0.717, 1.165) is 10.0 Å². The Bertz CT molecular complexity index is 686. The Balaban J connectivity index is 2.24. The largest absolute Gasteiger partial charge is 0.352 e. The highest BCUT2D eigenvalue weighted by atomic mass is 79.9. The minimum absolute atomic E-state index is 0.00326. The fraction of sp³-hybridized carbons (Fsp3) is 0.222. The number of carbonyl (C=O) groups is 2. The van der Waals surface area contributed by atoms with Crippen molar-refractivity contribution in [1.29, 1.82) is 0 Å². The second kappa shape index (κ2) is 7.92. The molecule has 2 aromatic rings. The van der Waals surface area contributed by atoms with Gasteiger partial charge in [-0.15, -0.1) is 0 Å². The fourth-order valence-corrected chi connectivity index (χ4v) is 2.56. The molecule has 5 heteroatoms. The van der Waals surface area contributed by atoms with Crippen molar-refractivity contribution >= 4 is 27.7 Å². The Morgan fingerprint density at radius 1 is 0.957 bits per heavy atom. The summed E-state index contributed by atoms with van der Waals surface area (Å²) in [6.07, 6.45) is 0. The van der Waals surface area contributed by atoms with Gasteiger partial charge in [-0.1, -0.05) is 52.3 Å². The summed E-state index contributed by atoms with van der Waals surface area (Å²) in [4.78, 5) is 24.9. The molecule has 0 bridgehead atoms. The van der Waals surface area contributed by atoms with Crippen LogP contribution in [0.3, 0.4) is 0 Å². The summed E-state index contributed by atoms with van der Waals surface area (Å²) in [6.45, 7) is 3.77. The van der Waals surface area contributed by atoms with E-state index in [4.69, 9.17) is 0 Å². The van der Waals surface area contributed by atoms with Crippen LogP contribution in [0, 0.1) is 0 Å². The van der Waals surface area contributed by atoms with Crippen LogP contribution in [0.5, 0.6) is 0 Å². The summed E-state index contributed by atoms with van der Waals surface area (Å²) in [5.74, 6) is -0.520. The third-order valence-electron chi connectivity index (χ3n) is 3.19. The molecule has 120 valence electrons. The molecule has 0 aromatic heterocycles. The number of amides is 2. The van der Waals surface area contributed by atoms with Gasteiger partial charge in [0.2, 0.25) is 5.91 Å². The van der Waals surface area contributed by atoms with Crippen molar-refractivity contribution in [2.75, 3.05) is 0 Å². The molecule has 0 saturated carbocycles. The number of benzene rings is 2. The average molecular weight is 375 g/mol. The smallest absolute Gasteiger partial charge is 0.252 e. The van der Waals surface area contributed by atoms with Crippen molar-refractivity contribution in [2.24, 2.45) is 0 Å². The molecule has 23 heavy (non-hydrogen) atoms. The molecule has 1 atom stereocenters. The quantitative estimate of drug-likeness (QED) is 0.841. The van der Waals surface area contributed by atoms with Crippen molar-refractivity contribution < 1.29 is 9.59 Å². The van der Waals surface area contributed by atoms with E-state index in [0.29, 0.717) is 5.56 Å². The van der Waals surface area contributed by atoms with E-state index < -0.39 is 6.04 Å². The van der Waals surface area contributed by atoms with E-state index >= 15 is 0 Å². The first-order valence-electron chi connectivity index (χ1n) is 7.39. The van der Waals surface area contributed by atoms with Crippen LogP contribution in [0.2, 0.25) is 0 Å². The van der Waals surface area contributed by atoms with Gasteiger partial charge in [0.15, 0.2) is 0 Å². The average Bonchev–Trinajstić information content (AvgIpc) is 2.52. The monoisotopic (exact) mass is 374 g/mol. The van der Waals surface area contributed by atoms with Crippen LogP contribution in [-0.4, -0.2) is 17.9 Å². The molecule has 4 nitrogen and oxygen atoms in total. The molecule has 2 rings (SSSR count). The highest BCUT2D eigenvalue weighted by Crippen LogP contribution is 2.16. The van der Waals surface area contributed by atoms with Crippen LogP contribution in [0.25, 0.3) is 0 Å². The molecule has 2 N–H and O–H groups in total. The van der Waals surface area contributed by atoms with Gasteiger partial charge in [0.1, 0.15) is 6.04 Å². The predicted molar refractivity (Wildman–Crippen MR) is 94.1 cm³/mol. The van der Waals surface area contributed by atoms with Crippen LogP contribution in [0.15, 0.2) is 59.1 Å². The van der Waals surface area contributed by atoms with Gasteiger partial charge in [-0.2, -0.15) is 0 Å². The number of hydrogen-bond donors (Lipinski definition) is 2. The minimum atomic E-state index is -0.731. The van der Waals surface area contributed by atoms with Crippen LogP contribution in [-0.2, 0) is 4.79 Å². The number of hydrogen-bond acceptors (Lipinski definition) is 2. The molecule has 0 aliphatic rings. The van der Waals surface area contributed by atoms with Crippen molar-refractivity contribution in [3.63, 3.8) is 0 Å². The number of halogens is 1. The highest BCUT2D eigenvalue weighted by molar-refractivity contribution is 9.10. The van der Waals surface area contributed by atoms with Crippen molar-refractivity contribution in [1.82, 2.24) is 10.6 Å². The Kier molecular flexibility index (Phi) is 5.93. The highest BCUT2D eigenvalue weighted by Gasteiger charge is 2.23. The molecular weight excluding hydrogens is 356 g/mol. The van der Waals surface area contributed by atoms with Gasteiger partial charge in [-0.3, -0.25) is 9.59 Å². The zero-order valence-corrected chi connectivity index (χ0v) is 14.6. The lowest BCUT2D eigenvalue weighted by Gasteiger charge is -2.20. The van der Waals surface area contributed by atoms with E-state index in [-0.39, 0.29) is 17.9 Å². The first kappa shape index (κ1) is 17.2. The van der Waals surface area contributed by atoms with Crippen LogP contribution >= 0.6 is 15.9 Å². The standard InChI is InChI=1S/C18H19BrN2O2/c1-12(2)20-18(23)16(13-7-4-3-5-8-13)21-17(22)14-9-6-10-15(19)11-14/h3-12,16H,1-2H3,(H,20,23)(H,21,22)/t16-/m0/s1. The second-order valence-electron chi connectivity index (χ2n) is 5.49. The molecule has 2 aromatic carbocycles. The van der Waals surface area contributed by atoms with E-state index in [1.807, 2.05) is 50.2 Å². The summed E-state index contributed by atoms with van der Waals surface area (Å²) in [7, 11) is 0. The topological polar surface area (TPSA) is 58.2 Å². The Morgan fingerprint density at radius 3 is 2.26 bits per heavy atom. The third-order valence-corrected chi connectivity index (χ3v) is 3.68. The summed E-state index contributed by atoms with van der Waals surface area (Å²) in [5, 5.41) is 5.66. The van der Waals surface area contributed by atoms with Crippen molar-refractivity contribution in [3.8, 4) is 0 Å². The van der Waals surface area contributed by atoms with E-state index in [1.54, 1.807) is 18.2 Å². The summed E-state index contributed by atoms with van der Waals surface area (Å²) >= 11 is 3.34. The molecule has 0 radical (unpaired) electrons. The van der Waals surface area contributed by atoms with Gasteiger partial charge in [0, 0.05) is 16.1 Å². The molecule has 0 saturated heterocycles. The second-order valence-corrected chi connectivity index (χ2v) is 6.41. The number of carbonyl (C=O) groups excluding carboxylic acids is 2. The normalized spacial score (nSPS) is 11.8. The van der Waals surface area contributed by atoms with Crippen LogP contribution in [0.4, 0.5) is 0 Å². The van der Waals surface area contributed by atoms with Gasteiger partial charge in [-0.05, 0) is 37.6 Å². The Hall–Kier alpha value is -2.14. The lowest BCUT2D eigenvalue weighted by Crippen LogP contribution is -2.42. The first-order chi connectivity index (χ1) is 11.0. The van der Waals surface area contributed by atoms with E-state index in [1.165, 1.54) is 0 Å². The molecule has 0 spiro atoms. The summed E-state index contributed by atoms with van der Waals surface area (Å²) in [5.41, 5.74) is 1.24. The van der Waals surface area contributed by atoms with Gasteiger partial charge in [0.05, 0.1) is 0 Å². The lowest BCUT2D eigenvalue weighted by molar-refractivity contribution is -0.123. The zero-order valence-electron chi connectivity index (χ0n) is 13.0. The summed E-state index contributed by atoms with van der Waals surface area (Å²) in [6, 6.07) is 15.5. The Morgan fingerprint density at radius 2 is 1.65 bits per heavy atom. The van der Waals surface area contributed by atoms with Crippen molar-refractivity contribution in [3.05, 3.63) is 70.2 Å². The molecule has 0 unspecified atom stereocenters. The lowest BCUT2D eigenvalue weighted by atomic mass is 10.0. The zero-order chi connectivity index (χ0) is 16.8. The fourth-order valence-electron chi connectivity index (χ4n) is 2.16. The maximum absolute atomic E-state index is 12.5. The predicted octanol–water partition coefficient (Wildman–Crippen LogP) is 3.44. The molecular formula is C18H19BrN2O2. The summed E-state index contributed by atoms with van der Waals surface area (Å²) < 4.78 is 0.813. The molecule has 2 amide bonds. The molecule has 0 aliphatic heterocycles. The third kappa shape index (κ3) is 4.93. The van der Waals surface area contributed by atoms with Gasteiger partial charge >= 0.3 is 0 Å². The van der Waals surface area contributed by atoms with E-state index in [9.17, 15) is 9.59 Å². The minimum Gasteiger partial charge on any atom is -0.352 e. The van der Waals surface area contributed by atoms with Gasteiger partial charge in [0.25, 0.3) is 5.91 Å². The van der Waals surface area contributed by atoms with E-state index in [2.05, 4.69) is 26.6 Å². The first-order valence-corrected chi connectivity index (χ1v) is 8.18. The maximum atomic E-state index is 12.5. The molecule has 0 heterocycles. The van der Waals surface area contributed by atoms with Crippen LogP contribution < -0.4 is 10.6 Å². The van der Waals surface area contributed by atoms with Crippen LogP contribution in [0.1, 0.15) is 35.8 Å². The SMILES string of the molecule is CC(C)NC(=O)[C@@H](NC(=O)c1cccc(Br)c1)c1ccccc1.